The van der Waals surface area contributed by atoms with Crippen LogP contribution in [0.15, 0.2) is 30.3 Å². The van der Waals surface area contributed by atoms with Gasteiger partial charge in [-0.1, -0.05) is 37.3 Å². The Hall–Kier alpha value is -0.820. The van der Waals surface area contributed by atoms with E-state index in [1.165, 1.54) is 24.8 Å². The van der Waals surface area contributed by atoms with Crippen LogP contribution in [0.4, 0.5) is 0 Å². The highest BCUT2D eigenvalue weighted by Gasteiger charge is 2.53. The molecule has 80 valence electrons. The lowest BCUT2D eigenvalue weighted by molar-refractivity contribution is 0.390. The maximum absolute atomic E-state index is 6.35. The van der Waals surface area contributed by atoms with Crippen molar-refractivity contribution in [3.63, 3.8) is 0 Å². The maximum atomic E-state index is 6.35. The lowest BCUT2D eigenvalue weighted by atomic mass is 9.93. The summed E-state index contributed by atoms with van der Waals surface area (Å²) in [5.41, 5.74) is 8.31. The highest BCUT2D eigenvalue weighted by atomic mass is 14.8. The van der Waals surface area contributed by atoms with E-state index in [-0.39, 0.29) is 0 Å². The van der Waals surface area contributed by atoms with Crippen molar-refractivity contribution in [2.45, 2.75) is 38.1 Å². The van der Waals surface area contributed by atoms with Gasteiger partial charge in [-0.05, 0) is 42.1 Å². The molecule has 2 fully saturated rings. The van der Waals surface area contributed by atoms with Gasteiger partial charge in [-0.2, -0.15) is 0 Å². The van der Waals surface area contributed by atoms with Crippen LogP contribution >= 0.6 is 0 Å². The molecule has 1 aromatic rings. The van der Waals surface area contributed by atoms with E-state index in [9.17, 15) is 0 Å². The van der Waals surface area contributed by atoms with Gasteiger partial charge in [0, 0.05) is 6.04 Å². The molecule has 1 aromatic carbocycles. The van der Waals surface area contributed by atoms with E-state index in [0.29, 0.717) is 11.5 Å². The maximum Gasteiger partial charge on any atom is 0.0127 e. The van der Waals surface area contributed by atoms with Gasteiger partial charge >= 0.3 is 0 Å². The molecule has 0 aromatic heterocycles. The molecule has 2 aliphatic carbocycles. The zero-order valence-electron chi connectivity index (χ0n) is 9.32. The van der Waals surface area contributed by atoms with Crippen molar-refractivity contribution in [1.82, 2.24) is 0 Å². The van der Waals surface area contributed by atoms with Crippen LogP contribution in [-0.4, -0.2) is 6.04 Å². The molecule has 2 N–H and O–H groups in total. The molecule has 15 heavy (non-hydrogen) atoms. The Morgan fingerprint density at radius 1 is 1.27 bits per heavy atom. The molecule has 0 saturated heterocycles. The van der Waals surface area contributed by atoms with E-state index in [0.717, 1.165) is 11.8 Å². The lowest BCUT2D eigenvalue weighted by Crippen LogP contribution is -2.32. The first-order chi connectivity index (χ1) is 7.21. The van der Waals surface area contributed by atoms with Gasteiger partial charge in [0.25, 0.3) is 0 Å². The van der Waals surface area contributed by atoms with Gasteiger partial charge in [0.1, 0.15) is 0 Å². The Morgan fingerprint density at radius 3 is 2.53 bits per heavy atom. The molecule has 1 heteroatoms. The molecule has 2 aliphatic rings. The summed E-state index contributed by atoms with van der Waals surface area (Å²) < 4.78 is 0. The Balaban J connectivity index is 1.69. The molecule has 0 spiro atoms. The molecule has 0 aliphatic heterocycles. The second-order valence-corrected chi connectivity index (χ2v) is 5.60. The van der Waals surface area contributed by atoms with Gasteiger partial charge in [-0.15, -0.1) is 0 Å². The fraction of sp³-hybridized carbons (Fsp3) is 0.571. The predicted octanol–water partition coefficient (Wildman–Crippen LogP) is 2.92. The van der Waals surface area contributed by atoms with Crippen molar-refractivity contribution < 1.29 is 0 Å². The average Bonchev–Trinajstić information content (AvgIpc) is 3.14. The second-order valence-electron chi connectivity index (χ2n) is 5.60. The van der Waals surface area contributed by atoms with Crippen LogP contribution in [0.3, 0.4) is 0 Å². The number of hydrogen-bond acceptors (Lipinski definition) is 1. The van der Waals surface area contributed by atoms with Crippen LogP contribution in [0, 0.1) is 11.3 Å². The molecular formula is C14H19N. The summed E-state index contributed by atoms with van der Waals surface area (Å²) in [5, 5.41) is 0. The molecule has 3 rings (SSSR count). The van der Waals surface area contributed by atoms with Crippen molar-refractivity contribution in [2.75, 3.05) is 0 Å². The Morgan fingerprint density at radius 2 is 1.93 bits per heavy atom. The quantitative estimate of drug-likeness (QED) is 0.799. The van der Waals surface area contributed by atoms with Gasteiger partial charge in [0.05, 0.1) is 0 Å². The van der Waals surface area contributed by atoms with Crippen LogP contribution in [-0.2, 0) is 0 Å². The molecule has 3 unspecified atom stereocenters. The van der Waals surface area contributed by atoms with E-state index in [1.807, 2.05) is 0 Å². The van der Waals surface area contributed by atoms with Crippen LogP contribution in [0.25, 0.3) is 0 Å². The summed E-state index contributed by atoms with van der Waals surface area (Å²) in [4.78, 5) is 0. The highest BCUT2D eigenvalue weighted by molar-refractivity contribution is 5.27. The number of nitrogens with two attached hydrogens (primary N) is 1. The average molecular weight is 201 g/mol. The minimum absolute atomic E-state index is 0.433. The Labute approximate surface area is 91.7 Å². The van der Waals surface area contributed by atoms with Crippen molar-refractivity contribution in [1.29, 1.82) is 0 Å². The van der Waals surface area contributed by atoms with Crippen LogP contribution in [0.2, 0.25) is 0 Å². The zero-order chi connectivity index (χ0) is 10.5. The molecule has 0 heterocycles. The molecule has 0 radical (unpaired) electrons. The third kappa shape index (κ3) is 1.59. The van der Waals surface area contributed by atoms with Crippen LogP contribution in [0.1, 0.15) is 37.7 Å². The summed E-state index contributed by atoms with van der Waals surface area (Å²) in [6.45, 7) is 2.35. The number of hydrogen-bond donors (Lipinski definition) is 1. The molecule has 0 amide bonds. The topological polar surface area (TPSA) is 26.0 Å². The third-order valence-electron chi connectivity index (χ3n) is 4.37. The molecule has 1 nitrogen and oxygen atoms in total. The summed E-state index contributed by atoms with van der Waals surface area (Å²) in [5.74, 6) is 1.50. The van der Waals surface area contributed by atoms with Gasteiger partial charge in [-0.25, -0.2) is 0 Å². The highest BCUT2D eigenvalue weighted by Crippen LogP contribution is 2.58. The van der Waals surface area contributed by atoms with Crippen molar-refractivity contribution >= 4 is 0 Å². The first-order valence-electron chi connectivity index (χ1n) is 6.01. The number of rotatable bonds is 3. The first-order valence-corrected chi connectivity index (χ1v) is 6.01. The van der Waals surface area contributed by atoms with E-state index < -0.39 is 0 Å². The minimum atomic E-state index is 0.433. The van der Waals surface area contributed by atoms with Gasteiger partial charge in [-0.3, -0.25) is 0 Å². The van der Waals surface area contributed by atoms with Crippen LogP contribution < -0.4 is 5.73 Å². The van der Waals surface area contributed by atoms with E-state index in [2.05, 4.69) is 37.3 Å². The molecular weight excluding hydrogens is 182 g/mol. The van der Waals surface area contributed by atoms with Crippen molar-refractivity contribution in [2.24, 2.45) is 17.1 Å². The van der Waals surface area contributed by atoms with E-state index >= 15 is 0 Å². The minimum Gasteiger partial charge on any atom is -0.327 e. The summed E-state index contributed by atoms with van der Waals surface area (Å²) in [6, 6.07) is 11.3. The standard InChI is InChI=1S/C14H19N/c1-14(7-8-14)13(15)12-9-11(12)10-5-3-2-4-6-10/h2-6,11-13H,7-9,15H2,1H3. The largest absolute Gasteiger partial charge is 0.327 e. The summed E-state index contributed by atoms with van der Waals surface area (Å²) in [6.07, 6.45) is 3.99. The summed E-state index contributed by atoms with van der Waals surface area (Å²) >= 11 is 0. The second kappa shape index (κ2) is 3.08. The van der Waals surface area contributed by atoms with Crippen molar-refractivity contribution in [3.05, 3.63) is 35.9 Å². The zero-order valence-corrected chi connectivity index (χ0v) is 9.32. The van der Waals surface area contributed by atoms with Crippen LogP contribution in [0.5, 0.6) is 0 Å². The third-order valence-corrected chi connectivity index (χ3v) is 4.37. The molecule has 2 saturated carbocycles. The first kappa shape index (κ1) is 9.41. The molecule has 3 atom stereocenters. The fourth-order valence-corrected chi connectivity index (χ4v) is 2.74. The normalized spacial score (nSPS) is 33.5. The predicted molar refractivity (Wildman–Crippen MR) is 62.6 cm³/mol. The van der Waals surface area contributed by atoms with Gasteiger partial charge in [0.2, 0.25) is 0 Å². The monoisotopic (exact) mass is 201 g/mol. The smallest absolute Gasteiger partial charge is 0.0127 e. The SMILES string of the molecule is CC1(C(N)C2CC2c2ccccc2)CC1. The van der Waals surface area contributed by atoms with E-state index in [1.54, 1.807) is 0 Å². The lowest BCUT2D eigenvalue weighted by Gasteiger charge is -2.18. The van der Waals surface area contributed by atoms with Crippen molar-refractivity contribution in [3.8, 4) is 0 Å². The van der Waals surface area contributed by atoms with E-state index in [4.69, 9.17) is 5.73 Å². The Bertz CT molecular complexity index is 353. The summed E-state index contributed by atoms with van der Waals surface area (Å²) in [7, 11) is 0. The molecule has 0 bridgehead atoms. The fourth-order valence-electron chi connectivity index (χ4n) is 2.74. The van der Waals surface area contributed by atoms with Gasteiger partial charge < -0.3 is 5.73 Å². The van der Waals surface area contributed by atoms with Gasteiger partial charge in [0.15, 0.2) is 0 Å². The Kier molecular flexibility index (Phi) is 1.93. The number of benzene rings is 1.